The normalized spacial score (nSPS) is 25.7. The lowest BCUT2D eigenvalue weighted by Gasteiger charge is -2.31. The molecule has 0 heterocycles. The summed E-state index contributed by atoms with van der Waals surface area (Å²) in [5.41, 5.74) is 0.333. The van der Waals surface area contributed by atoms with Gasteiger partial charge in [-0.25, -0.2) is 4.39 Å². The molecule has 0 bridgehead atoms. The lowest BCUT2D eigenvalue weighted by Crippen LogP contribution is -2.43. The predicted molar refractivity (Wildman–Crippen MR) is 81.1 cm³/mol. The van der Waals surface area contributed by atoms with Crippen molar-refractivity contribution >= 4 is 11.8 Å². The zero-order chi connectivity index (χ0) is 13.9. The minimum atomic E-state index is -0.139. The molecular formula is C16H24FNS. The molecule has 0 aliphatic heterocycles. The number of benzene rings is 1. The van der Waals surface area contributed by atoms with Crippen LogP contribution in [0.4, 0.5) is 4.39 Å². The van der Waals surface area contributed by atoms with Crippen molar-refractivity contribution < 1.29 is 4.39 Å². The molecule has 1 nitrogen and oxygen atoms in total. The quantitative estimate of drug-likeness (QED) is 0.854. The molecule has 19 heavy (non-hydrogen) atoms. The zero-order valence-electron chi connectivity index (χ0n) is 12.1. The van der Waals surface area contributed by atoms with Gasteiger partial charge in [0.2, 0.25) is 0 Å². The molecule has 3 heteroatoms. The summed E-state index contributed by atoms with van der Waals surface area (Å²) in [4.78, 5) is 1.05. The molecule has 0 aromatic heterocycles. The molecule has 1 saturated carbocycles. The van der Waals surface area contributed by atoms with Crippen LogP contribution in [0.5, 0.6) is 0 Å². The first-order valence-electron chi connectivity index (χ1n) is 7.18. The smallest absolute Gasteiger partial charge is 0.124 e. The van der Waals surface area contributed by atoms with Gasteiger partial charge in [-0.05, 0) is 49.4 Å². The molecule has 0 spiro atoms. The Hall–Kier alpha value is -0.540. The number of nitrogens with one attached hydrogen (secondary N) is 1. The topological polar surface area (TPSA) is 12.0 Å². The van der Waals surface area contributed by atoms with Gasteiger partial charge in [0.1, 0.15) is 5.82 Å². The summed E-state index contributed by atoms with van der Waals surface area (Å²) in [7, 11) is 0. The molecule has 1 aliphatic rings. The third-order valence-electron chi connectivity index (χ3n) is 3.98. The van der Waals surface area contributed by atoms with Gasteiger partial charge in [0.25, 0.3) is 0 Å². The van der Waals surface area contributed by atoms with Crippen LogP contribution in [0, 0.1) is 11.2 Å². The fourth-order valence-electron chi connectivity index (χ4n) is 2.89. The summed E-state index contributed by atoms with van der Waals surface area (Å²) in [6.07, 6.45) is 3.60. The first-order valence-corrected chi connectivity index (χ1v) is 8.06. The molecule has 1 aromatic carbocycles. The summed E-state index contributed by atoms with van der Waals surface area (Å²) in [6.45, 7) is 7.94. The maximum atomic E-state index is 13.3. The van der Waals surface area contributed by atoms with Crippen molar-refractivity contribution in [2.24, 2.45) is 5.41 Å². The van der Waals surface area contributed by atoms with Crippen LogP contribution in [0.15, 0.2) is 29.2 Å². The van der Waals surface area contributed by atoms with Crippen LogP contribution in [0.25, 0.3) is 0 Å². The maximum absolute atomic E-state index is 13.3. The lowest BCUT2D eigenvalue weighted by molar-refractivity contribution is 0.287. The van der Waals surface area contributed by atoms with E-state index in [4.69, 9.17) is 0 Å². The Morgan fingerprint density at radius 2 is 2.21 bits per heavy atom. The average Bonchev–Trinajstić information content (AvgIpc) is 2.62. The molecule has 2 rings (SSSR count). The highest BCUT2D eigenvalue weighted by molar-refractivity contribution is 8.00. The minimum absolute atomic E-state index is 0.139. The highest BCUT2D eigenvalue weighted by Gasteiger charge is 2.41. The van der Waals surface area contributed by atoms with E-state index in [2.05, 4.69) is 26.1 Å². The number of rotatable bonds is 5. The van der Waals surface area contributed by atoms with Crippen LogP contribution in [-0.4, -0.2) is 17.8 Å². The molecule has 2 unspecified atom stereocenters. The maximum Gasteiger partial charge on any atom is 0.124 e. The Bertz CT molecular complexity index is 419. The van der Waals surface area contributed by atoms with E-state index >= 15 is 0 Å². The van der Waals surface area contributed by atoms with E-state index in [1.165, 1.54) is 18.9 Å². The van der Waals surface area contributed by atoms with E-state index in [1.807, 2.05) is 17.8 Å². The molecule has 1 aromatic rings. The molecule has 2 atom stereocenters. The second kappa shape index (κ2) is 6.27. The minimum Gasteiger partial charge on any atom is -0.312 e. The number of hydrogen-bond acceptors (Lipinski definition) is 2. The van der Waals surface area contributed by atoms with Crippen molar-refractivity contribution in [1.29, 1.82) is 0 Å². The Kier molecular flexibility index (Phi) is 4.91. The van der Waals surface area contributed by atoms with Crippen molar-refractivity contribution in [3.63, 3.8) is 0 Å². The summed E-state index contributed by atoms with van der Waals surface area (Å²) in [5, 5.41) is 4.24. The van der Waals surface area contributed by atoms with Crippen molar-refractivity contribution in [3.8, 4) is 0 Å². The molecule has 0 radical (unpaired) electrons. The van der Waals surface area contributed by atoms with Gasteiger partial charge in [-0.2, -0.15) is 0 Å². The van der Waals surface area contributed by atoms with E-state index in [-0.39, 0.29) is 5.82 Å². The van der Waals surface area contributed by atoms with Crippen molar-refractivity contribution in [1.82, 2.24) is 5.32 Å². The van der Waals surface area contributed by atoms with Gasteiger partial charge < -0.3 is 5.32 Å². The van der Waals surface area contributed by atoms with E-state index in [9.17, 15) is 4.39 Å². The van der Waals surface area contributed by atoms with Crippen molar-refractivity contribution in [2.45, 2.75) is 56.2 Å². The monoisotopic (exact) mass is 281 g/mol. The molecule has 0 saturated heterocycles. The average molecular weight is 281 g/mol. The van der Waals surface area contributed by atoms with Crippen molar-refractivity contribution in [3.05, 3.63) is 30.1 Å². The molecule has 1 N–H and O–H groups in total. The second-order valence-electron chi connectivity index (χ2n) is 6.07. The van der Waals surface area contributed by atoms with E-state index < -0.39 is 0 Å². The Morgan fingerprint density at radius 1 is 1.42 bits per heavy atom. The van der Waals surface area contributed by atoms with Crippen LogP contribution < -0.4 is 5.32 Å². The molecule has 1 aliphatic carbocycles. The molecular weight excluding hydrogens is 257 g/mol. The van der Waals surface area contributed by atoms with E-state index in [0.29, 0.717) is 16.7 Å². The standard InChI is InChI=1S/C16H24FNS/c1-4-10-18-15-14(8-9-16(15,2)3)19-13-7-5-6-12(17)11-13/h5-7,11,14-15,18H,4,8-10H2,1-3H3. The summed E-state index contributed by atoms with van der Waals surface area (Å²) < 4.78 is 13.3. The summed E-state index contributed by atoms with van der Waals surface area (Å²) in [6, 6.07) is 7.48. The molecule has 0 amide bonds. The first-order chi connectivity index (χ1) is 9.03. The second-order valence-corrected chi connectivity index (χ2v) is 7.39. The molecule has 1 fully saturated rings. The highest BCUT2D eigenvalue weighted by Crippen LogP contribution is 2.45. The Morgan fingerprint density at radius 3 is 2.89 bits per heavy atom. The number of halogens is 1. The number of thioether (sulfide) groups is 1. The predicted octanol–water partition coefficient (Wildman–Crippen LogP) is 4.47. The Labute approximate surface area is 120 Å². The first kappa shape index (κ1) is 14.9. The fraction of sp³-hybridized carbons (Fsp3) is 0.625. The highest BCUT2D eigenvalue weighted by atomic mass is 32.2. The van der Waals surface area contributed by atoms with Gasteiger partial charge in [0.05, 0.1) is 0 Å². The van der Waals surface area contributed by atoms with E-state index in [1.54, 1.807) is 12.1 Å². The van der Waals surface area contributed by atoms with Gasteiger partial charge in [0, 0.05) is 16.2 Å². The fourth-order valence-corrected chi connectivity index (χ4v) is 4.41. The van der Waals surface area contributed by atoms with Gasteiger partial charge in [-0.15, -0.1) is 11.8 Å². The Balaban J connectivity index is 2.06. The third-order valence-corrected chi connectivity index (χ3v) is 5.32. The summed E-state index contributed by atoms with van der Waals surface area (Å²) in [5.74, 6) is -0.139. The van der Waals surface area contributed by atoms with Crippen LogP contribution in [0.2, 0.25) is 0 Å². The van der Waals surface area contributed by atoms with E-state index in [0.717, 1.165) is 17.9 Å². The SMILES string of the molecule is CCCNC1C(Sc2cccc(F)c2)CCC1(C)C. The van der Waals surface area contributed by atoms with Gasteiger partial charge in [-0.1, -0.05) is 26.8 Å². The lowest BCUT2D eigenvalue weighted by atomic mass is 9.87. The van der Waals surface area contributed by atoms with Gasteiger partial charge in [0.15, 0.2) is 0 Å². The van der Waals surface area contributed by atoms with Gasteiger partial charge >= 0.3 is 0 Å². The molecule has 106 valence electrons. The van der Waals surface area contributed by atoms with Gasteiger partial charge in [-0.3, -0.25) is 0 Å². The third kappa shape index (κ3) is 3.73. The van der Waals surface area contributed by atoms with Crippen LogP contribution >= 0.6 is 11.8 Å². The zero-order valence-corrected chi connectivity index (χ0v) is 12.9. The van der Waals surface area contributed by atoms with Crippen LogP contribution in [0.3, 0.4) is 0 Å². The largest absolute Gasteiger partial charge is 0.312 e. The van der Waals surface area contributed by atoms with Crippen molar-refractivity contribution in [2.75, 3.05) is 6.54 Å². The summed E-state index contributed by atoms with van der Waals surface area (Å²) >= 11 is 1.82. The number of hydrogen-bond donors (Lipinski definition) is 1. The van der Waals surface area contributed by atoms with Crippen LogP contribution in [0.1, 0.15) is 40.0 Å². The van der Waals surface area contributed by atoms with Crippen LogP contribution in [-0.2, 0) is 0 Å².